The summed E-state index contributed by atoms with van der Waals surface area (Å²) in [6.07, 6.45) is 0. The number of carbonyl (C=O) groups is 1. The van der Waals surface area contributed by atoms with Gasteiger partial charge in [-0.2, -0.15) is 0 Å². The topological polar surface area (TPSA) is 35.5 Å². The van der Waals surface area contributed by atoms with Gasteiger partial charge in [0.25, 0.3) is 0 Å². The number of hydrogen-bond acceptors (Lipinski definition) is 3. The summed E-state index contributed by atoms with van der Waals surface area (Å²) in [5.41, 5.74) is 0.730. The molecule has 3 nitrogen and oxygen atoms in total. The maximum Gasteiger partial charge on any atom is 0.148 e. The molecule has 98 valence electrons. The molecule has 18 heavy (non-hydrogen) atoms. The molecule has 1 aliphatic rings. The van der Waals surface area contributed by atoms with Crippen molar-refractivity contribution in [2.45, 2.75) is 20.5 Å². The summed E-state index contributed by atoms with van der Waals surface area (Å²) in [7, 11) is 0. The Labute approximate surface area is 108 Å². The van der Waals surface area contributed by atoms with E-state index in [2.05, 4.69) is 0 Å². The van der Waals surface area contributed by atoms with Crippen LogP contribution >= 0.6 is 0 Å². The van der Waals surface area contributed by atoms with E-state index in [4.69, 9.17) is 9.47 Å². The third-order valence-electron chi connectivity index (χ3n) is 3.29. The Bertz CT molecular complexity index is 393. The van der Waals surface area contributed by atoms with Crippen molar-refractivity contribution >= 4 is 5.78 Å². The van der Waals surface area contributed by atoms with Gasteiger partial charge >= 0.3 is 0 Å². The van der Waals surface area contributed by atoms with Crippen molar-refractivity contribution in [1.29, 1.82) is 0 Å². The Balaban J connectivity index is 1.86. The molecule has 0 bridgehead atoms. The van der Waals surface area contributed by atoms with Gasteiger partial charge in [0.05, 0.1) is 31.8 Å². The van der Waals surface area contributed by atoms with E-state index in [9.17, 15) is 4.79 Å². The highest BCUT2D eigenvalue weighted by molar-refractivity contribution is 5.87. The lowest BCUT2D eigenvalue weighted by molar-refractivity contribution is -0.176. The van der Waals surface area contributed by atoms with Gasteiger partial charge in [-0.05, 0) is 5.56 Å². The molecule has 0 aromatic heterocycles. The molecule has 3 heteroatoms. The first-order valence-electron chi connectivity index (χ1n) is 6.38. The van der Waals surface area contributed by atoms with Crippen LogP contribution < -0.4 is 0 Å². The first kappa shape index (κ1) is 13.2. The molecular formula is C15H20O3. The number of carbonyl (C=O) groups excluding carboxylic acids is 1. The van der Waals surface area contributed by atoms with Gasteiger partial charge in [-0.15, -0.1) is 0 Å². The lowest BCUT2D eigenvalue weighted by atomic mass is 9.78. The van der Waals surface area contributed by atoms with Crippen molar-refractivity contribution in [1.82, 2.24) is 0 Å². The number of rotatable bonds is 6. The molecule has 1 aromatic rings. The number of benzene rings is 1. The van der Waals surface area contributed by atoms with Crippen LogP contribution in [0.3, 0.4) is 0 Å². The molecule has 0 aliphatic carbocycles. The number of ketones is 1. The average Bonchev–Trinajstić information content (AvgIpc) is 2.33. The van der Waals surface area contributed by atoms with E-state index in [1.54, 1.807) is 0 Å². The van der Waals surface area contributed by atoms with Gasteiger partial charge in [0.2, 0.25) is 0 Å². The van der Waals surface area contributed by atoms with Gasteiger partial charge in [-0.1, -0.05) is 44.2 Å². The van der Waals surface area contributed by atoms with Gasteiger partial charge in [0, 0.05) is 5.92 Å². The standard InChI is InChI=1S/C15H20O3/c1-12(2)14(16)15(10-18-11-15)9-17-8-13-6-4-3-5-7-13/h3-7,12H,8-11H2,1-2H3. The molecule has 2 rings (SSSR count). The molecule has 1 fully saturated rings. The van der Waals surface area contributed by atoms with Crippen molar-refractivity contribution in [3.63, 3.8) is 0 Å². The van der Waals surface area contributed by atoms with Crippen molar-refractivity contribution in [3.8, 4) is 0 Å². The minimum absolute atomic E-state index is 0.0363. The van der Waals surface area contributed by atoms with Gasteiger partial charge < -0.3 is 9.47 Å². The fraction of sp³-hybridized carbons (Fsp3) is 0.533. The zero-order valence-electron chi connectivity index (χ0n) is 11.0. The van der Waals surface area contributed by atoms with Crippen LogP contribution in [0.2, 0.25) is 0 Å². The monoisotopic (exact) mass is 248 g/mol. The summed E-state index contributed by atoms with van der Waals surface area (Å²) in [4.78, 5) is 12.1. The quantitative estimate of drug-likeness (QED) is 0.775. The van der Waals surface area contributed by atoms with E-state index < -0.39 is 5.41 Å². The molecule has 0 unspecified atom stereocenters. The average molecular weight is 248 g/mol. The van der Waals surface area contributed by atoms with Crippen molar-refractivity contribution in [2.24, 2.45) is 11.3 Å². The van der Waals surface area contributed by atoms with E-state index in [1.807, 2.05) is 44.2 Å². The van der Waals surface area contributed by atoms with Crippen LogP contribution in [0.1, 0.15) is 19.4 Å². The van der Waals surface area contributed by atoms with Crippen molar-refractivity contribution < 1.29 is 14.3 Å². The van der Waals surface area contributed by atoms with E-state index in [0.29, 0.717) is 26.4 Å². The second kappa shape index (κ2) is 5.63. The van der Waals surface area contributed by atoms with E-state index in [-0.39, 0.29) is 11.7 Å². The first-order chi connectivity index (χ1) is 8.64. The van der Waals surface area contributed by atoms with Crippen LogP contribution in [0.5, 0.6) is 0 Å². The highest BCUT2D eigenvalue weighted by atomic mass is 16.5. The fourth-order valence-electron chi connectivity index (χ4n) is 2.20. The van der Waals surface area contributed by atoms with E-state index in [1.165, 1.54) is 0 Å². The van der Waals surface area contributed by atoms with Crippen LogP contribution in [0.15, 0.2) is 30.3 Å². The first-order valence-corrected chi connectivity index (χ1v) is 6.38. The molecule has 0 saturated carbocycles. The molecule has 0 atom stereocenters. The Hall–Kier alpha value is -1.19. The number of Topliss-reactive ketones (excluding diaryl/α,β-unsaturated/α-hetero) is 1. The van der Waals surface area contributed by atoms with E-state index >= 15 is 0 Å². The molecule has 1 heterocycles. The predicted octanol–water partition coefficient (Wildman–Crippen LogP) is 2.44. The minimum atomic E-state index is -0.400. The van der Waals surface area contributed by atoms with Gasteiger partial charge in [0.1, 0.15) is 5.78 Å². The summed E-state index contributed by atoms with van der Waals surface area (Å²) < 4.78 is 10.9. The molecule has 1 aliphatic heterocycles. The summed E-state index contributed by atoms with van der Waals surface area (Å²) in [6, 6.07) is 10.00. The SMILES string of the molecule is CC(C)C(=O)C1(COCc2ccccc2)COC1. The molecule has 0 amide bonds. The summed E-state index contributed by atoms with van der Waals surface area (Å²) in [5, 5.41) is 0. The third-order valence-corrected chi connectivity index (χ3v) is 3.29. The third kappa shape index (κ3) is 2.79. The Morgan fingerprint density at radius 3 is 2.50 bits per heavy atom. The van der Waals surface area contributed by atoms with Crippen LogP contribution in [0.25, 0.3) is 0 Å². The van der Waals surface area contributed by atoms with Crippen LogP contribution in [-0.2, 0) is 20.9 Å². The van der Waals surface area contributed by atoms with Crippen molar-refractivity contribution in [2.75, 3.05) is 19.8 Å². The second-order valence-electron chi connectivity index (χ2n) is 5.27. The van der Waals surface area contributed by atoms with Gasteiger partial charge in [0.15, 0.2) is 0 Å². The van der Waals surface area contributed by atoms with Gasteiger partial charge in [-0.3, -0.25) is 4.79 Å². The lowest BCUT2D eigenvalue weighted by Gasteiger charge is -2.40. The van der Waals surface area contributed by atoms with Crippen molar-refractivity contribution in [3.05, 3.63) is 35.9 Å². The van der Waals surface area contributed by atoms with Crippen LogP contribution in [0.4, 0.5) is 0 Å². The molecule has 1 aromatic carbocycles. The van der Waals surface area contributed by atoms with Crippen LogP contribution in [0, 0.1) is 11.3 Å². The second-order valence-corrected chi connectivity index (χ2v) is 5.27. The predicted molar refractivity (Wildman–Crippen MR) is 69.2 cm³/mol. The Morgan fingerprint density at radius 1 is 1.33 bits per heavy atom. The Morgan fingerprint density at radius 2 is 2.00 bits per heavy atom. The maximum absolute atomic E-state index is 12.1. The Kier molecular flexibility index (Phi) is 4.15. The maximum atomic E-state index is 12.1. The highest BCUT2D eigenvalue weighted by Crippen LogP contribution is 2.32. The van der Waals surface area contributed by atoms with Crippen LogP contribution in [-0.4, -0.2) is 25.6 Å². The summed E-state index contributed by atoms with van der Waals surface area (Å²) in [6.45, 7) is 5.86. The largest absolute Gasteiger partial charge is 0.379 e. The molecule has 0 N–H and O–H groups in total. The van der Waals surface area contributed by atoms with E-state index in [0.717, 1.165) is 5.56 Å². The number of ether oxygens (including phenoxy) is 2. The minimum Gasteiger partial charge on any atom is -0.379 e. The molecule has 0 radical (unpaired) electrons. The fourth-order valence-corrected chi connectivity index (χ4v) is 2.20. The zero-order valence-corrected chi connectivity index (χ0v) is 11.0. The summed E-state index contributed by atoms with van der Waals surface area (Å²) >= 11 is 0. The molecule has 0 spiro atoms. The molecule has 1 saturated heterocycles. The smallest absolute Gasteiger partial charge is 0.148 e. The summed E-state index contributed by atoms with van der Waals surface area (Å²) in [5.74, 6) is 0.288. The lowest BCUT2D eigenvalue weighted by Crippen LogP contribution is -2.53. The number of hydrogen-bond donors (Lipinski definition) is 0. The highest BCUT2D eigenvalue weighted by Gasteiger charge is 2.46. The zero-order chi connectivity index (χ0) is 13.0. The molecular weight excluding hydrogens is 228 g/mol. The van der Waals surface area contributed by atoms with Gasteiger partial charge in [-0.25, -0.2) is 0 Å². The normalized spacial score (nSPS) is 17.5.